The van der Waals surface area contributed by atoms with E-state index in [1.54, 1.807) is 24.3 Å². The van der Waals surface area contributed by atoms with Crippen molar-refractivity contribution in [1.82, 2.24) is 0 Å². The zero-order valence-corrected chi connectivity index (χ0v) is 15.3. The van der Waals surface area contributed by atoms with Crippen molar-refractivity contribution in [3.05, 3.63) is 41.7 Å². The molecule has 0 aliphatic rings. The predicted octanol–water partition coefficient (Wildman–Crippen LogP) is 5.75. The Hall–Kier alpha value is -2.10. The molecule has 2 aromatic rings. The maximum Gasteiger partial charge on any atom is 0.342 e. The molecule has 0 saturated carbocycles. The summed E-state index contributed by atoms with van der Waals surface area (Å²) >= 11 is 0. The van der Waals surface area contributed by atoms with E-state index >= 15 is 0 Å². The Morgan fingerprint density at radius 3 is 2.44 bits per heavy atom. The molecule has 3 nitrogen and oxygen atoms in total. The van der Waals surface area contributed by atoms with Crippen LogP contribution in [0.25, 0.3) is 10.8 Å². The van der Waals surface area contributed by atoms with Crippen LogP contribution in [0.4, 0.5) is 4.39 Å². The molecule has 25 heavy (non-hydrogen) atoms. The fraction of sp³-hybridized carbons (Fsp3) is 0.476. The number of fused-ring (bicyclic) bond motifs is 1. The van der Waals surface area contributed by atoms with Crippen molar-refractivity contribution >= 4 is 16.7 Å². The summed E-state index contributed by atoms with van der Waals surface area (Å²) in [5, 5.41) is 0.908. The molecule has 0 aliphatic carbocycles. The first kappa shape index (κ1) is 19.2. The SMILES string of the molecule is COc1cc(F)c2ccccc2c1C(=O)OCCCCCCC(C)C. The van der Waals surface area contributed by atoms with Gasteiger partial charge in [0.25, 0.3) is 0 Å². The highest BCUT2D eigenvalue weighted by Crippen LogP contribution is 2.31. The average molecular weight is 346 g/mol. The first-order valence-electron chi connectivity index (χ1n) is 8.97. The fourth-order valence-corrected chi connectivity index (χ4v) is 2.92. The highest BCUT2D eigenvalue weighted by atomic mass is 19.1. The van der Waals surface area contributed by atoms with E-state index in [-0.39, 0.29) is 5.75 Å². The van der Waals surface area contributed by atoms with E-state index in [2.05, 4.69) is 13.8 Å². The number of carbonyl (C=O) groups is 1. The van der Waals surface area contributed by atoms with Crippen LogP contribution in [0, 0.1) is 11.7 Å². The van der Waals surface area contributed by atoms with Crippen molar-refractivity contribution in [2.75, 3.05) is 13.7 Å². The quantitative estimate of drug-likeness (QED) is 0.428. The van der Waals surface area contributed by atoms with Gasteiger partial charge in [0.15, 0.2) is 0 Å². The van der Waals surface area contributed by atoms with E-state index in [0.29, 0.717) is 22.9 Å². The summed E-state index contributed by atoms with van der Waals surface area (Å²) in [5.74, 6) is 0.0690. The topological polar surface area (TPSA) is 35.5 Å². The highest BCUT2D eigenvalue weighted by molar-refractivity contribution is 6.07. The van der Waals surface area contributed by atoms with Gasteiger partial charge < -0.3 is 9.47 Å². The molecule has 0 bridgehead atoms. The van der Waals surface area contributed by atoms with Gasteiger partial charge >= 0.3 is 5.97 Å². The number of ether oxygens (including phenoxy) is 2. The second-order valence-corrected chi connectivity index (χ2v) is 6.71. The minimum absolute atomic E-state index is 0.207. The van der Waals surface area contributed by atoms with Crippen LogP contribution in [0.1, 0.15) is 56.3 Å². The van der Waals surface area contributed by atoms with Crippen molar-refractivity contribution in [2.45, 2.75) is 46.0 Å². The minimum atomic E-state index is -0.463. The highest BCUT2D eigenvalue weighted by Gasteiger charge is 2.20. The van der Waals surface area contributed by atoms with Crippen LogP contribution < -0.4 is 4.74 Å². The van der Waals surface area contributed by atoms with Gasteiger partial charge in [-0.05, 0) is 12.3 Å². The number of rotatable bonds is 9. The van der Waals surface area contributed by atoms with Crippen molar-refractivity contribution in [2.24, 2.45) is 5.92 Å². The molecule has 2 rings (SSSR count). The number of unbranched alkanes of at least 4 members (excludes halogenated alkanes) is 3. The summed E-state index contributed by atoms with van der Waals surface area (Å²) in [5.41, 5.74) is 0.291. The smallest absolute Gasteiger partial charge is 0.342 e. The van der Waals surface area contributed by atoms with Gasteiger partial charge in [-0.15, -0.1) is 0 Å². The second kappa shape index (κ2) is 9.40. The first-order valence-corrected chi connectivity index (χ1v) is 8.97. The molecule has 0 radical (unpaired) electrons. The molecular formula is C21H27FO3. The van der Waals surface area contributed by atoms with Crippen LogP contribution in [-0.2, 0) is 4.74 Å². The van der Waals surface area contributed by atoms with Crippen LogP contribution in [0.5, 0.6) is 5.75 Å². The zero-order valence-electron chi connectivity index (χ0n) is 15.3. The van der Waals surface area contributed by atoms with Gasteiger partial charge in [-0.3, -0.25) is 0 Å². The van der Waals surface area contributed by atoms with Gasteiger partial charge in [0.2, 0.25) is 0 Å². The van der Waals surface area contributed by atoms with E-state index in [9.17, 15) is 9.18 Å². The summed E-state index contributed by atoms with van der Waals surface area (Å²) in [6.45, 7) is 4.82. The lowest BCUT2D eigenvalue weighted by atomic mass is 10.0. The molecule has 0 spiro atoms. The Labute approximate surface area is 149 Å². The number of hydrogen-bond donors (Lipinski definition) is 0. The van der Waals surface area contributed by atoms with Gasteiger partial charge in [0.05, 0.1) is 13.7 Å². The standard InChI is InChI=1S/C21H27FO3/c1-15(2)10-6-4-5-9-13-25-21(23)20-17-12-8-7-11-16(17)18(22)14-19(20)24-3/h7-8,11-12,14-15H,4-6,9-10,13H2,1-3H3. The molecule has 0 unspecified atom stereocenters. The summed E-state index contributed by atoms with van der Waals surface area (Å²) in [6, 6.07) is 8.11. The molecule has 0 atom stereocenters. The van der Waals surface area contributed by atoms with E-state index in [0.717, 1.165) is 25.2 Å². The molecule has 0 saturated heterocycles. The van der Waals surface area contributed by atoms with Crippen LogP contribution >= 0.6 is 0 Å². The molecular weight excluding hydrogens is 319 g/mol. The van der Waals surface area contributed by atoms with Gasteiger partial charge in [0.1, 0.15) is 17.1 Å². The Morgan fingerprint density at radius 1 is 1.08 bits per heavy atom. The molecule has 0 amide bonds. The van der Waals surface area contributed by atoms with Gasteiger partial charge in [0, 0.05) is 16.8 Å². The van der Waals surface area contributed by atoms with E-state index in [1.807, 2.05) is 0 Å². The Bertz CT molecular complexity index is 710. The number of hydrogen-bond acceptors (Lipinski definition) is 3. The number of benzene rings is 2. The third-order valence-corrected chi connectivity index (χ3v) is 4.29. The van der Waals surface area contributed by atoms with Crippen molar-refractivity contribution in [1.29, 1.82) is 0 Å². The van der Waals surface area contributed by atoms with Crippen LogP contribution in [0.3, 0.4) is 0 Å². The normalized spacial score (nSPS) is 11.1. The Kier molecular flexibility index (Phi) is 7.23. The molecule has 0 N–H and O–H groups in total. The number of carbonyl (C=O) groups excluding carboxylic acids is 1. The average Bonchev–Trinajstić information content (AvgIpc) is 2.60. The lowest BCUT2D eigenvalue weighted by molar-refractivity contribution is 0.0496. The maximum absolute atomic E-state index is 14.1. The summed E-state index contributed by atoms with van der Waals surface area (Å²) in [6.07, 6.45) is 5.48. The largest absolute Gasteiger partial charge is 0.496 e. The van der Waals surface area contributed by atoms with Crippen molar-refractivity contribution in [3.63, 3.8) is 0 Å². The molecule has 2 aromatic carbocycles. The van der Waals surface area contributed by atoms with Crippen molar-refractivity contribution in [3.8, 4) is 5.75 Å². The third kappa shape index (κ3) is 5.18. The summed E-state index contributed by atoms with van der Waals surface area (Å²) < 4.78 is 24.7. The number of halogens is 1. The van der Waals surface area contributed by atoms with Gasteiger partial charge in [-0.25, -0.2) is 9.18 Å². The van der Waals surface area contributed by atoms with Crippen LogP contribution in [0.2, 0.25) is 0 Å². The van der Waals surface area contributed by atoms with Gasteiger partial charge in [-0.1, -0.05) is 63.8 Å². The number of esters is 1. The van der Waals surface area contributed by atoms with E-state index < -0.39 is 11.8 Å². The number of methoxy groups -OCH3 is 1. The van der Waals surface area contributed by atoms with E-state index in [1.165, 1.54) is 26.0 Å². The second-order valence-electron chi connectivity index (χ2n) is 6.71. The molecule has 0 heterocycles. The molecule has 4 heteroatoms. The summed E-state index contributed by atoms with van der Waals surface area (Å²) in [7, 11) is 1.43. The minimum Gasteiger partial charge on any atom is -0.496 e. The Balaban J connectivity index is 1.98. The monoisotopic (exact) mass is 346 g/mol. The molecule has 136 valence electrons. The molecule has 0 aromatic heterocycles. The molecule has 0 fully saturated rings. The lowest BCUT2D eigenvalue weighted by Crippen LogP contribution is -2.09. The van der Waals surface area contributed by atoms with Crippen LogP contribution in [0.15, 0.2) is 30.3 Å². The van der Waals surface area contributed by atoms with Crippen molar-refractivity contribution < 1.29 is 18.7 Å². The van der Waals surface area contributed by atoms with E-state index in [4.69, 9.17) is 9.47 Å². The predicted molar refractivity (Wildman–Crippen MR) is 98.7 cm³/mol. The third-order valence-electron chi connectivity index (χ3n) is 4.29. The zero-order chi connectivity index (χ0) is 18.2. The maximum atomic E-state index is 14.1. The fourth-order valence-electron chi connectivity index (χ4n) is 2.92. The first-order chi connectivity index (χ1) is 12.0. The summed E-state index contributed by atoms with van der Waals surface area (Å²) in [4.78, 5) is 12.5. The molecule has 0 aliphatic heterocycles. The van der Waals surface area contributed by atoms with Crippen LogP contribution in [-0.4, -0.2) is 19.7 Å². The Morgan fingerprint density at radius 2 is 1.76 bits per heavy atom. The van der Waals surface area contributed by atoms with Gasteiger partial charge in [-0.2, -0.15) is 0 Å². The lowest BCUT2D eigenvalue weighted by Gasteiger charge is -2.12.